The van der Waals surface area contributed by atoms with Gasteiger partial charge in [-0.05, 0) is 44.4 Å². The van der Waals surface area contributed by atoms with E-state index < -0.39 is 0 Å². The molecular formula is C16H22N6O2. The third-order valence-corrected chi connectivity index (χ3v) is 4.19. The molecule has 0 atom stereocenters. The van der Waals surface area contributed by atoms with Crippen LogP contribution in [0.15, 0.2) is 18.2 Å². The molecule has 1 aliphatic heterocycles. The van der Waals surface area contributed by atoms with Crippen molar-refractivity contribution in [3.05, 3.63) is 29.6 Å². The molecule has 128 valence electrons. The maximum atomic E-state index is 12.5. The van der Waals surface area contributed by atoms with Gasteiger partial charge in [-0.3, -0.25) is 0 Å². The molecule has 24 heavy (non-hydrogen) atoms. The highest BCUT2D eigenvalue weighted by atomic mass is 16.5. The highest BCUT2D eigenvalue weighted by molar-refractivity contribution is 5.91. The van der Waals surface area contributed by atoms with Crippen LogP contribution in [0.2, 0.25) is 0 Å². The molecule has 0 unspecified atom stereocenters. The fourth-order valence-corrected chi connectivity index (χ4v) is 2.89. The number of tetrazole rings is 1. The van der Waals surface area contributed by atoms with Crippen LogP contribution in [0.1, 0.15) is 37.1 Å². The van der Waals surface area contributed by atoms with Gasteiger partial charge in [0.1, 0.15) is 5.75 Å². The Balaban J connectivity index is 1.60. The zero-order chi connectivity index (χ0) is 16.9. The van der Waals surface area contributed by atoms with Crippen LogP contribution in [0, 0.1) is 6.92 Å². The van der Waals surface area contributed by atoms with E-state index in [1.54, 1.807) is 0 Å². The maximum Gasteiger partial charge on any atom is 0.321 e. The first-order valence-corrected chi connectivity index (χ1v) is 8.20. The summed E-state index contributed by atoms with van der Waals surface area (Å²) in [5.74, 6) is 1.69. The second kappa shape index (κ2) is 7.29. The van der Waals surface area contributed by atoms with Crippen LogP contribution in [0.25, 0.3) is 0 Å². The summed E-state index contributed by atoms with van der Waals surface area (Å²) in [5, 5.41) is 17.1. The van der Waals surface area contributed by atoms with Crippen molar-refractivity contribution in [1.82, 2.24) is 25.5 Å². The summed E-state index contributed by atoms with van der Waals surface area (Å²) in [4.78, 5) is 14.3. The highest BCUT2D eigenvalue weighted by Gasteiger charge is 2.26. The number of rotatable bonds is 4. The van der Waals surface area contributed by atoms with E-state index in [1.807, 2.05) is 36.9 Å². The summed E-state index contributed by atoms with van der Waals surface area (Å²) in [6.45, 7) is 5.82. The van der Waals surface area contributed by atoms with Crippen LogP contribution in [0.4, 0.5) is 10.5 Å². The monoisotopic (exact) mass is 330 g/mol. The van der Waals surface area contributed by atoms with E-state index in [2.05, 4.69) is 25.9 Å². The summed E-state index contributed by atoms with van der Waals surface area (Å²) in [5.41, 5.74) is 1.80. The lowest BCUT2D eigenvalue weighted by molar-refractivity contribution is 0.193. The lowest BCUT2D eigenvalue weighted by Gasteiger charge is -2.30. The molecule has 1 aromatic heterocycles. The minimum Gasteiger partial charge on any atom is -0.492 e. The lowest BCUT2D eigenvalue weighted by Crippen LogP contribution is -2.40. The molecular weight excluding hydrogens is 308 g/mol. The average Bonchev–Trinajstić information content (AvgIpc) is 3.12. The van der Waals surface area contributed by atoms with Crippen molar-refractivity contribution in [1.29, 1.82) is 0 Å². The van der Waals surface area contributed by atoms with Crippen molar-refractivity contribution < 1.29 is 9.53 Å². The Labute approximate surface area is 140 Å². The number of hydrogen-bond donors (Lipinski definition) is 2. The SMILES string of the molecule is CCOc1cc(C)ccc1NC(=O)N1CCC(c2nn[nH]n2)CC1. The maximum absolute atomic E-state index is 12.5. The summed E-state index contributed by atoms with van der Waals surface area (Å²) >= 11 is 0. The van der Waals surface area contributed by atoms with Gasteiger partial charge in [0.2, 0.25) is 0 Å². The van der Waals surface area contributed by atoms with Crippen LogP contribution in [0.3, 0.4) is 0 Å². The fraction of sp³-hybridized carbons (Fsp3) is 0.500. The van der Waals surface area contributed by atoms with Gasteiger partial charge in [0.15, 0.2) is 5.82 Å². The minimum atomic E-state index is -0.105. The van der Waals surface area contributed by atoms with E-state index >= 15 is 0 Å². The number of nitrogens with zero attached hydrogens (tertiary/aromatic N) is 4. The smallest absolute Gasteiger partial charge is 0.321 e. The van der Waals surface area contributed by atoms with Gasteiger partial charge in [-0.2, -0.15) is 5.21 Å². The molecule has 8 nitrogen and oxygen atoms in total. The number of piperidine rings is 1. The van der Waals surface area contributed by atoms with E-state index in [9.17, 15) is 4.79 Å². The first kappa shape index (κ1) is 16.2. The van der Waals surface area contributed by atoms with Gasteiger partial charge in [-0.1, -0.05) is 11.3 Å². The zero-order valence-corrected chi connectivity index (χ0v) is 14.0. The van der Waals surface area contributed by atoms with Gasteiger partial charge >= 0.3 is 6.03 Å². The standard InChI is InChI=1S/C16H22N6O2/c1-3-24-14-10-11(2)4-5-13(14)17-16(23)22-8-6-12(7-9-22)15-18-20-21-19-15/h4-5,10,12H,3,6-9H2,1-2H3,(H,17,23)(H,18,19,20,21). The molecule has 2 aromatic rings. The number of anilines is 1. The average molecular weight is 330 g/mol. The van der Waals surface area contributed by atoms with Crippen molar-refractivity contribution in [2.75, 3.05) is 25.0 Å². The number of likely N-dealkylation sites (tertiary alicyclic amines) is 1. The number of carbonyl (C=O) groups excluding carboxylic acids is 1. The number of nitrogens with one attached hydrogen (secondary N) is 2. The number of amides is 2. The summed E-state index contributed by atoms with van der Waals surface area (Å²) in [7, 11) is 0. The quantitative estimate of drug-likeness (QED) is 0.897. The van der Waals surface area contributed by atoms with Gasteiger partial charge in [0, 0.05) is 19.0 Å². The summed E-state index contributed by atoms with van der Waals surface area (Å²) < 4.78 is 5.61. The van der Waals surface area contributed by atoms with Crippen LogP contribution < -0.4 is 10.1 Å². The Morgan fingerprint density at radius 1 is 1.42 bits per heavy atom. The number of ether oxygens (including phenoxy) is 1. The molecule has 1 aromatic carbocycles. The molecule has 2 N–H and O–H groups in total. The number of urea groups is 1. The molecule has 1 aliphatic rings. The zero-order valence-electron chi connectivity index (χ0n) is 14.0. The lowest BCUT2D eigenvalue weighted by atomic mass is 9.96. The molecule has 2 heterocycles. The van der Waals surface area contributed by atoms with Crippen LogP contribution in [-0.4, -0.2) is 51.3 Å². The van der Waals surface area contributed by atoms with Crippen molar-refractivity contribution in [3.8, 4) is 5.75 Å². The van der Waals surface area contributed by atoms with Crippen molar-refractivity contribution in [2.24, 2.45) is 0 Å². The number of H-pyrrole nitrogens is 1. The molecule has 3 rings (SSSR count). The van der Waals surface area contributed by atoms with Crippen LogP contribution >= 0.6 is 0 Å². The Morgan fingerprint density at radius 3 is 2.88 bits per heavy atom. The molecule has 0 saturated carbocycles. The predicted molar refractivity (Wildman–Crippen MR) is 89.1 cm³/mol. The number of aryl methyl sites for hydroxylation is 1. The van der Waals surface area contributed by atoms with E-state index in [0.717, 1.165) is 24.2 Å². The number of aromatic nitrogens is 4. The molecule has 0 spiro atoms. The third-order valence-electron chi connectivity index (χ3n) is 4.19. The predicted octanol–water partition coefficient (Wildman–Crippen LogP) is 2.32. The summed E-state index contributed by atoms with van der Waals surface area (Å²) in [6, 6.07) is 5.67. The van der Waals surface area contributed by atoms with Gasteiger partial charge in [-0.25, -0.2) is 4.79 Å². The Bertz CT molecular complexity index is 680. The van der Waals surface area contributed by atoms with Gasteiger partial charge < -0.3 is 15.0 Å². The number of benzene rings is 1. The number of hydrogen-bond acceptors (Lipinski definition) is 5. The van der Waals surface area contributed by atoms with Gasteiger partial charge in [-0.15, -0.1) is 10.2 Å². The van der Waals surface area contributed by atoms with E-state index in [4.69, 9.17) is 4.74 Å². The Kier molecular flexibility index (Phi) is 4.93. The first-order chi connectivity index (χ1) is 11.7. The molecule has 0 radical (unpaired) electrons. The normalized spacial score (nSPS) is 15.3. The largest absolute Gasteiger partial charge is 0.492 e. The Morgan fingerprint density at radius 2 is 2.21 bits per heavy atom. The summed E-state index contributed by atoms with van der Waals surface area (Å²) in [6.07, 6.45) is 1.67. The third kappa shape index (κ3) is 3.64. The first-order valence-electron chi connectivity index (χ1n) is 8.20. The van der Waals surface area contributed by atoms with E-state index in [1.165, 1.54) is 0 Å². The topological polar surface area (TPSA) is 96.0 Å². The van der Waals surface area contributed by atoms with Gasteiger partial charge in [0.05, 0.1) is 12.3 Å². The van der Waals surface area contributed by atoms with Crippen molar-refractivity contribution in [3.63, 3.8) is 0 Å². The van der Waals surface area contributed by atoms with E-state index in [0.29, 0.717) is 31.1 Å². The second-order valence-electron chi connectivity index (χ2n) is 5.89. The molecule has 1 saturated heterocycles. The number of aromatic amines is 1. The molecule has 2 amide bonds. The van der Waals surface area contributed by atoms with Crippen molar-refractivity contribution >= 4 is 11.7 Å². The molecule has 0 bridgehead atoms. The minimum absolute atomic E-state index is 0.105. The highest BCUT2D eigenvalue weighted by Crippen LogP contribution is 2.28. The van der Waals surface area contributed by atoms with Gasteiger partial charge in [0.25, 0.3) is 0 Å². The van der Waals surface area contributed by atoms with E-state index in [-0.39, 0.29) is 11.9 Å². The van der Waals surface area contributed by atoms with Crippen molar-refractivity contribution in [2.45, 2.75) is 32.6 Å². The van der Waals surface area contributed by atoms with Crippen LogP contribution in [0.5, 0.6) is 5.75 Å². The molecule has 8 heteroatoms. The fourth-order valence-electron chi connectivity index (χ4n) is 2.89. The second-order valence-corrected chi connectivity index (χ2v) is 5.89. The number of carbonyl (C=O) groups is 1. The van der Waals surface area contributed by atoms with Crippen LogP contribution in [-0.2, 0) is 0 Å². The molecule has 1 fully saturated rings. The molecule has 0 aliphatic carbocycles. The Hall–Kier alpha value is -2.64.